The van der Waals surface area contributed by atoms with Gasteiger partial charge in [-0.1, -0.05) is 11.8 Å². The molecule has 11 nitrogen and oxygen atoms in total. The Bertz CT molecular complexity index is 1180. The number of carbonyl (C=O) groups excluding carboxylic acids is 3. The SMILES string of the molecule is N#Cc1c(N)n[nH]c1CCCNC(=O)c1ccc(NC(=O)C[C@@H]2SC(N3CCCC3)=NC2=O)cc1. The molecule has 2 aliphatic heterocycles. The highest BCUT2D eigenvalue weighted by Crippen LogP contribution is 2.29. The number of aromatic amines is 1. The maximum Gasteiger partial charge on any atom is 0.262 e. The van der Waals surface area contributed by atoms with Gasteiger partial charge >= 0.3 is 0 Å². The summed E-state index contributed by atoms with van der Waals surface area (Å²) in [6, 6.07) is 8.55. The Morgan fingerprint density at radius 3 is 2.71 bits per heavy atom. The lowest BCUT2D eigenvalue weighted by molar-refractivity contribution is -0.121. The number of hydrogen-bond donors (Lipinski definition) is 4. The normalized spacial score (nSPS) is 17.2. The van der Waals surface area contributed by atoms with Gasteiger partial charge in [-0.2, -0.15) is 15.4 Å². The zero-order valence-corrected chi connectivity index (χ0v) is 19.9. The lowest BCUT2D eigenvalue weighted by Gasteiger charge is -2.16. The number of nitrogens with two attached hydrogens (primary N) is 1. The summed E-state index contributed by atoms with van der Waals surface area (Å²) in [5, 5.41) is 21.5. The lowest BCUT2D eigenvalue weighted by atomic mass is 10.1. The molecule has 3 amide bonds. The van der Waals surface area contributed by atoms with Crippen molar-refractivity contribution in [2.24, 2.45) is 4.99 Å². The van der Waals surface area contributed by atoms with Crippen LogP contribution >= 0.6 is 11.8 Å². The van der Waals surface area contributed by atoms with Gasteiger partial charge in [0.2, 0.25) is 5.91 Å². The molecule has 0 unspecified atom stereocenters. The fourth-order valence-electron chi connectivity index (χ4n) is 3.91. The monoisotopic (exact) mass is 494 g/mol. The van der Waals surface area contributed by atoms with Crippen LogP contribution < -0.4 is 16.4 Å². The molecular formula is C23H26N8O3S. The number of likely N-dealkylation sites (tertiary alicyclic amines) is 1. The van der Waals surface area contributed by atoms with Gasteiger partial charge in [0, 0.05) is 37.3 Å². The van der Waals surface area contributed by atoms with Gasteiger partial charge in [-0.05, 0) is 49.9 Å². The summed E-state index contributed by atoms with van der Waals surface area (Å²) < 4.78 is 0. The van der Waals surface area contributed by atoms with Crippen molar-refractivity contribution in [1.82, 2.24) is 20.4 Å². The Morgan fingerprint density at radius 1 is 1.26 bits per heavy atom. The average molecular weight is 495 g/mol. The number of rotatable bonds is 8. The number of aryl methyl sites for hydroxylation is 1. The average Bonchev–Trinajstić information content (AvgIpc) is 3.58. The lowest BCUT2D eigenvalue weighted by Crippen LogP contribution is -2.25. The minimum Gasteiger partial charge on any atom is -0.381 e. The summed E-state index contributed by atoms with van der Waals surface area (Å²) in [5.74, 6) is -0.611. The van der Waals surface area contributed by atoms with E-state index in [1.54, 1.807) is 24.3 Å². The first-order valence-corrected chi connectivity index (χ1v) is 12.3. The molecule has 0 radical (unpaired) electrons. The molecule has 0 aliphatic carbocycles. The quantitative estimate of drug-likeness (QED) is 0.401. The van der Waals surface area contributed by atoms with Crippen molar-refractivity contribution in [2.75, 3.05) is 30.7 Å². The van der Waals surface area contributed by atoms with Crippen LogP contribution in [0, 0.1) is 11.3 Å². The summed E-state index contributed by atoms with van der Waals surface area (Å²) in [4.78, 5) is 43.2. The van der Waals surface area contributed by atoms with Crippen LogP contribution in [0.25, 0.3) is 0 Å². The van der Waals surface area contributed by atoms with Crippen LogP contribution in [-0.2, 0) is 16.0 Å². The van der Waals surface area contributed by atoms with Crippen LogP contribution in [-0.4, -0.2) is 62.9 Å². The van der Waals surface area contributed by atoms with Crippen molar-refractivity contribution in [3.63, 3.8) is 0 Å². The Morgan fingerprint density at radius 2 is 2.00 bits per heavy atom. The fourth-order valence-corrected chi connectivity index (χ4v) is 5.02. The number of nitriles is 1. The van der Waals surface area contributed by atoms with Gasteiger partial charge in [0.15, 0.2) is 11.0 Å². The van der Waals surface area contributed by atoms with Crippen LogP contribution in [0.1, 0.15) is 47.3 Å². The smallest absolute Gasteiger partial charge is 0.262 e. The number of aliphatic imine (C=N–C) groups is 1. The maximum atomic E-state index is 12.4. The second kappa shape index (κ2) is 11.1. The van der Waals surface area contributed by atoms with Gasteiger partial charge in [-0.3, -0.25) is 19.5 Å². The number of benzene rings is 1. The number of aromatic nitrogens is 2. The summed E-state index contributed by atoms with van der Waals surface area (Å²) in [5.41, 5.74) is 7.60. The van der Waals surface area contributed by atoms with E-state index in [4.69, 9.17) is 11.0 Å². The van der Waals surface area contributed by atoms with E-state index >= 15 is 0 Å². The molecule has 2 aliphatic rings. The highest BCUT2D eigenvalue weighted by atomic mass is 32.2. The molecule has 1 fully saturated rings. The van der Waals surface area contributed by atoms with E-state index in [0.717, 1.165) is 31.1 Å². The first-order valence-electron chi connectivity index (χ1n) is 11.4. The zero-order chi connectivity index (χ0) is 24.8. The Balaban J connectivity index is 1.20. The van der Waals surface area contributed by atoms with Crippen molar-refractivity contribution in [2.45, 2.75) is 37.4 Å². The molecule has 12 heteroatoms. The maximum absolute atomic E-state index is 12.4. The summed E-state index contributed by atoms with van der Waals surface area (Å²) in [7, 11) is 0. The molecule has 1 atom stereocenters. The summed E-state index contributed by atoms with van der Waals surface area (Å²) in [6.45, 7) is 2.22. The molecule has 4 rings (SSSR count). The van der Waals surface area contributed by atoms with Crippen LogP contribution in [0.3, 0.4) is 0 Å². The molecule has 2 aromatic rings. The molecule has 5 N–H and O–H groups in total. The van der Waals surface area contributed by atoms with Gasteiger partial charge in [-0.25, -0.2) is 0 Å². The van der Waals surface area contributed by atoms with Crippen LogP contribution in [0.4, 0.5) is 11.5 Å². The third-order valence-electron chi connectivity index (χ3n) is 5.78. The van der Waals surface area contributed by atoms with E-state index in [2.05, 4.69) is 30.7 Å². The summed E-state index contributed by atoms with van der Waals surface area (Å²) in [6.07, 6.45) is 3.37. The van der Waals surface area contributed by atoms with Crippen LogP contribution in [0.2, 0.25) is 0 Å². The molecule has 0 saturated carbocycles. The van der Waals surface area contributed by atoms with Gasteiger partial charge in [0.25, 0.3) is 11.8 Å². The molecule has 0 spiro atoms. The van der Waals surface area contributed by atoms with E-state index < -0.39 is 5.25 Å². The van der Waals surface area contributed by atoms with Crippen molar-refractivity contribution in [3.8, 4) is 6.07 Å². The Labute approximate surface area is 206 Å². The standard InChI is InChI=1S/C23H26N8O3S/c24-13-16-17(29-30-20(16)25)4-3-9-26-21(33)14-5-7-15(8-6-14)27-19(32)12-18-22(34)28-23(35-18)31-10-1-2-11-31/h5-8,18H,1-4,9-12H2,(H,26,33)(H,27,32)(H3,25,29,30)/t18-/m0/s1. The molecule has 1 saturated heterocycles. The fraction of sp³-hybridized carbons (Fsp3) is 0.391. The van der Waals surface area contributed by atoms with E-state index in [0.29, 0.717) is 41.9 Å². The first kappa shape index (κ1) is 24.3. The number of nitrogens with one attached hydrogen (secondary N) is 3. The topological polar surface area (TPSA) is 169 Å². The van der Waals surface area contributed by atoms with Crippen molar-refractivity contribution in [1.29, 1.82) is 5.26 Å². The Hall–Kier alpha value is -3.85. The minimum absolute atomic E-state index is 0.0437. The molecule has 182 valence electrons. The van der Waals surface area contributed by atoms with E-state index in [1.165, 1.54) is 11.8 Å². The summed E-state index contributed by atoms with van der Waals surface area (Å²) >= 11 is 1.36. The predicted molar refractivity (Wildman–Crippen MR) is 133 cm³/mol. The van der Waals surface area contributed by atoms with Gasteiger partial charge < -0.3 is 21.3 Å². The second-order valence-electron chi connectivity index (χ2n) is 8.30. The number of anilines is 2. The predicted octanol–water partition coefficient (Wildman–Crippen LogP) is 1.65. The molecule has 1 aromatic carbocycles. The molecule has 1 aromatic heterocycles. The van der Waals surface area contributed by atoms with Crippen molar-refractivity contribution in [3.05, 3.63) is 41.1 Å². The number of carbonyl (C=O) groups is 3. The number of amides is 3. The van der Waals surface area contributed by atoms with Gasteiger partial charge in [0.05, 0.1) is 5.69 Å². The number of nitrogens with zero attached hydrogens (tertiary/aromatic N) is 4. The van der Waals surface area contributed by atoms with Crippen molar-refractivity contribution < 1.29 is 14.4 Å². The first-order chi connectivity index (χ1) is 16.9. The molecular weight excluding hydrogens is 468 g/mol. The number of H-pyrrole nitrogens is 1. The number of thioether (sulfide) groups is 1. The number of amidine groups is 1. The van der Waals surface area contributed by atoms with Gasteiger partial charge in [0.1, 0.15) is 16.9 Å². The zero-order valence-electron chi connectivity index (χ0n) is 19.0. The highest BCUT2D eigenvalue weighted by Gasteiger charge is 2.33. The third-order valence-corrected chi connectivity index (χ3v) is 6.99. The minimum atomic E-state index is -0.502. The number of hydrogen-bond acceptors (Lipinski definition) is 8. The molecule has 3 heterocycles. The van der Waals surface area contributed by atoms with E-state index in [1.807, 2.05) is 6.07 Å². The Kier molecular flexibility index (Phi) is 7.67. The highest BCUT2D eigenvalue weighted by molar-refractivity contribution is 8.15. The van der Waals surface area contributed by atoms with Crippen LogP contribution in [0.15, 0.2) is 29.3 Å². The van der Waals surface area contributed by atoms with E-state index in [-0.39, 0.29) is 30.0 Å². The van der Waals surface area contributed by atoms with Crippen molar-refractivity contribution >= 4 is 46.2 Å². The van der Waals surface area contributed by atoms with E-state index in [9.17, 15) is 14.4 Å². The molecule has 35 heavy (non-hydrogen) atoms. The molecule has 0 bridgehead atoms. The largest absolute Gasteiger partial charge is 0.381 e. The third kappa shape index (κ3) is 5.99. The van der Waals surface area contributed by atoms with Gasteiger partial charge in [-0.15, -0.1) is 0 Å². The second-order valence-corrected chi connectivity index (χ2v) is 9.47. The van der Waals surface area contributed by atoms with Crippen LogP contribution in [0.5, 0.6) is 0 Å². The number of nitrogen functional groups attached to an aromatic ring is 1.